The van der Waals surface area contributed by atoms with Crippen LogP contribution >= 0.6 is 22.7 Å². The molecule has 246 valence electrons. The van der Waals surface area contributed by atoms with Crippen LogP contribution in [0.1, 0.15) is 0 Å². The highest BCUT2D eigenvalue weighted by Gasteiger charge is 2.39. The van der Waals surface area contributed by atoms with Crippen molar-refractivity contribution in [3.63, 3.8) is 0 Å². The minimum Gasteiger partial charge on any atom is -0.310 e. The Kier molecular flexibility index (Phi) is 6.51. The summed E-state index contributed by atoms with van der Waals surface area (Å²) in [4.78, 5) is 2.49. The molecule has 0 bridgehead atoms. The maximum Gasteiger partial charge on any atom is 0.114 e. The molecule has 0 aliphatic carbocycles. The van der Waals surface area contributed by atoms with Gasteiger partial charge in [-0.1, -0.05) is 122 Å². The van der Waals surface area contributed by atoms with Crippen LogP contribution in [0.15, 0.2) is 164 Å². The predicted octanol–water partition coefficient (Wildman–Crippen LogP) is 13.5. The van der Waals surface area contributed by atoms with E-state index < -0.39 is 8.07 Å². The van der Waals surface area contributed by atoms with E-state index >= 15 is 0 Å². The molecule has 10 aromatic rings. The number of nitrogens with zero attached hydrogens (tertiary/aromatic N) is 1. The van der Waals surface area contributed by atoms with Crippen LogP contribution in [0.5, 0.6) is 0 Å². The van der Waals surface area contributed by atoms with Crippen molar-refractivity contribution in [2.75, 3.05) is 4.90 Å². The fourth-order valence-corrected chi connectivity index (χ4v) is 14.2. The normalized spacial score (nSPS) is 13.3. The largest absolute Gasteiger partial charge is 0.310 e. The van der Waals surface area contributed by atoms with Gasteiger partial charge in [-0.3, -0.25) is 0 Å². The van der Waals surface area contributed by atoms with Gasteiger partial charge in [-0.15, -0.1) is 22.7 Å². The molecule has 0 radical (unpaired) electrons. The Labute approximate surface area is 311 Å². The second kappa shape index (κ2) is 11.2. The first-order valence-corrected chi connectivity index (χ1v) is 22.6. The average Bonchev–Trinajstić information content (AvgIpc) is 3.82. The fraction of sp³-hybridized carbons (Fsp3) is 0.0417. The molecule has 0 fully saturated rings. The summed E-state index contributed by atoms with van der Waals surface area (Å²) in [5, 5.41) is 11.0. The average molecular weight is 716 g/mol. The molecule has 52 heavy (non-hydrogen) atoms. The lowest BCUT2D eigenvalue weighted by Crippen LogP contribution is -2.49. The van der Waals surface area contributed by atoms with Crippen LogP contribution < -0.4 is 15.3 Å². The van der Waals surface area contributed by atoms with Gasteiger partial charge in [0.05, 0.1) is 0 Å². The van der Waals surface area contributed by atoms with Crippen LogP contribution in [0.2, 0.25) is 13.1 Å². The summed E-state index contributed by atoms with van der Waals surface area (Å²) in [7, 11) is -2.01. The lowest BCUT2D eigenvalue weighted by atomic mass is 9.97. The Morgan fingerprint density at radius 3 is 1.94 bits per heavy atom. The van der Waals surface area contributed by atoms with Crippen LogP contribution in [0.3, 0.4) is 0 Å². The first-order chi connectivity index (χ1) is 25.5. The minimum absolute atomic E-state index is 1.16. The van der Waals surface area contributed by atoms with Crippen molar-refractivity contribution in [2.45, 2.75) is 13.1 Å². The highest BCUT2D eigenvalue weighted by atomic mass is 32.1. The van der Waals surface area contributed by atoms with Gasteiger partial charge >= 0.3 is 0 Å². The number of thiophene rings is 2. The van der Waals surface area contributed by atoms with Crippen molar-refractivity contribution in [1.82, 2.24) is 0 Å². The van der Waals surface area contributed by atoms with Crippen LogP contribution in [-0.4, -0.2) is 8.07 Å². The van der Waals surface area contributed by atoms with Gasteiger partial charge in [-0.2, -0.15) is 0 Å². The molecule has 11 rings (SSSR count). The van der Waals surface area contributed by atoms with E-state index in [1.54, 1.807) is 5.19 Å². The number of rotatable bonds is 4. The molecule has 0 spiro atoms. The number of anilines is 3. The van der Waals surface area contributed by atoms with Crippen molar-refractivity contribution in [3.8, 4) is 22.3 Å². The zero-order valence-corrected chi connectivity index (χ0v) is 31.5. The smallest absolute Gasteiger partial charge is 0.114 e. The van der Waals surface area contributed by atoms with Gasteiger partial charge in [0.2, 0.25) is 0 Å². The van der Waals surface area contributed by atoms with E-state index in [0.29, 0.717) is 0 Å². The van der Waals surface area contributed by atoms with Gasteiger partial charge in [0, 0.05) is 57.4 Å². The van der Waals surface area contributed by atoms with Crippen molar-refractivity contribution >= 4 is 109 Å². The third kappa shape index (κ3) is 4.38. The van der Waals surface area contributed by atoms with E-state index in [4.69, 9.17) is 0 Å². The van der Waals surface area contributed by atoms with Crippen molar-refractivity contribution in [3.05, 3.63) is 164 Å². The Hall–Kier alpha value is -5.52. The summed E-state index contributed by atoms with van der Waals surface area (Å²) in [6.45, 7) is 5.07. The lowest BCUT2D eigenvalue weighted by Gasteiger charge is -2.28. The molecule has 0 saturated carbocycles. The molecule has 0 saturated heterocycles. The summed E-state index contributed by atoms with van der Waals surface area (Å²) >= 11 is 3.83. The SMILES string of the molecule is C[Si]1(C)c2cc(N(c3cccc(-c4cccc5ccccc45)c3)c3ccc4sc5ccccc5c4c3)ccc2-c2c1ccc1c2sc2ccccc21. The molecule has 3 heterocycles. The molecule has 0 amide bonds. The number of hydrogen-bond donors (Lipinski definition) is 0. The van der Waals surface area contributed by atoms with E-state index in [9.17, 15) is 0 Å². The Morgan fingerprint density at radius 2 is 1.08 bits per heavy atom. The zero-order valence-electron chi connectivity index (χ0n) is 28.9. The number of fused-ring (bicyclic) bond motifs is 11. The van der Waals surface area contributed by atoms with Crippen molar-refractivity contribution in [2.24, 2.45) is 0 Å². The first kappa shape index (κ1) is 30.1. The molecule has 2 aromatic heterocycles. The fourth-order valence-electron chi connectivity index (χ4n) is 8.72. The van der Waals surface area contributed by atoms with Gasteiger partial charge in [0.1, 0.15) is 8.07 Å². The Morgan fingerprint density at radius 1 is 0.423 bits per heavy atom. The van der Waals surface area contributed by atoms with E-state index in [2.05, 4.69) is 182 Å². The predicted molar refractivity (Wildman–Crippen MR) is 232 cm³/mol. The maximum absolute atomic E-state index is 2.54. The van der Waals surface area contributed by atoms with E-state index in [1.165, 1.54) is 89.9 Å². The lowest BCUT2D eigenvalue weighted by molar-refractivity contribution is 1.29. The van der Waals surface area contributed by atoms with Gasteiger partial charge in [0.15, 0.2) is 0 Å². The third-order valence-corrected chi connectivity index (χ3v) is 17.1. The molecule has 0 N–H and O–H groups in total. The van der Waals surface area contributed by atoms with Crippen LogP contribution in [0.25, 0.3) is 73.4 Å². The molecule has 8 aromatic carbocycles. The summed E-state index contributed by atoms with van der Waals surface area (Å²) in [5.74, 6) is 0. The summed E-state index contributed by atoms with van der Waals surface area (Å²) < 4.78 is 5.44. The van der Waals surface area contributed by atoms with E-state index in [0.717, 1.165) is 5.69 Å². The molecule has 1 nitrogen and oxygen atoms in total. The quantitative estimate of drug-likeness (QED) is 0.164. The van der Waals surface area contributed by atoms with E-state index in [1.807, 2.05) is 22.7 Å². The molecule has 0 unspecified atom stereocenters. The standard InChI is InChI=1S/C48H33NS2Si/c1-52(2)45-26-24-39-37-16-5-8-20-43(37)51-48(39)47(45)40-23-21-34(29-46(40)52)49(33-22-25-44-41(28-33)38-17-6-7-19-42(38)50-44)32-14-9-13-31(27-32)36-18-10-12-30-11-3-4-15-35(30)36/h3-29H,1-2H3. The van der Waals surface area contributed by atoms with Crippen LogP contribution in [-0.2, 0) is 0 Å². The highest BCUT2D eigenvalue weighted by Crippen LogP contribution is 2.45. The molecule has 0 atom stereocenters. The van der Waals surface area contributed by atoms with Gasteiger partial charge in [-0.25, -0.2) is 0 Å². The topological polar surface area (TPSA) is 3.24 Å². The molecule has 1 aliphatic rings. The van der Waals surface area contributed by atoms with Gasteiger partial charge in [0.25, 0.3) is 0 Å². The minimum atomic E-state index is -2.01. The highest BCUT2D eigenvalue weighted by molar-refractivity contribution is 7.27. The Balaban J connectivity index is 1.13. The van der Waals surface area contributed by atoms with Gasteiger partial charge < -0.3 is 4.90 Å². The third-order valence-electron chi connectivity index (χ3n) is 11.2. The molecule has 4 heteroatoms. The van der Waals surface area contributed by atoms with Crippen molar-refractivity contribution < 1.29 is 0 Å². The summed E-state index contributed by atoms with van der Waals surface area (Å²) in [5.41, 5.74) is 8.89. The second-order valence-corrected chi connectivity index (χ2v) is 21.0. The summed E-state index contributed by atoms with van der Waals surface area (Å²) in [6, 6.07) is 61.3. The monoisotopic (exact) mass is 715 g/mol. The second-order valence-electron chi connectivity index (χ2n) is 14.5. The summed E-state index contributed by atoms with van der Waals surface area (Å²) in [6.07, 6.45) is 0. The number of benzene rings is 8. The Bertz CT molecular complexity index is 3070. The number of hydrogen-bond acceptors (Lipinski definition) is 3. The van der Waals surface area contributed by atoms with E-state index in [-0.39, 0.29) is 0 Å². The first-order valence-electron chi connectivity index (χ1n) is 17.9. The molecular formula is C48H33NS2Si. The zero-order chi connectivity index (χ0) is 34.6. The maximum atomic E-state index is 2.54. The van der Waals surface area contributed by atoms with Gasteiger partial charge in [-0.05, 0) is 98.0 Å². The molecule has 1 aliphatic heterocycles. The van der Waals surface area contributed by atoms with Crippen molar-refractivity contribution in [1.29, 1.82) is 0 Å². The van der Waals surface area contributed by atoms with Crippen LogP contribution in [0, 0.1) is 0 Å². The molecular weight excluding hydrogens is 683 g/mol. The van der Waals surface area contributed by atoms with Crippen LogP contribution in [0.4, 0.5) is 17.1 Å².